The first kappa shape index (κ1) is 29.0. The zero-order chi connectivity index (χ0) is 28.0. The fourth-order valence-corrected chi connectivity index (χ4v) is 4.86. The summed E-state index contributed by atoms with van der Waals surface area (Å²) in [5, 5.41) is 0. The molecule has 0 atom stereocenters. The summed E-state index contributed by atoms with van der Waals surface area (Å²) < 4.78 is 33.0. The molecule has 1 fully saturated rings. The molecule has 206 valence electrons. The molecule has 1 aliphatic carbocycles. The minimum Gasteiger partial charge on any atom is -0.493 e. The Morgan fingerprint density at radius 3 is 1.29 bits per heavy atom. The maximum atomic E-state index is 13.8. The number of rotatable bonds is 10. The molecule has 1 aliphatic rings. The quantitative estimate of drug-likeness (QED) is 0.323. The lowest BCUT2D eigenvalue weighted by Crippen LogP contribution is -2.30. The van der Waals surface area contributed by atoms with Gasteiger partial charge < -0.3 is 28.4 Å². The smallest absolute Gasteiger partial charge is 0.203 e. The summed E-state index contributed by atoms with van der Waals surface area (Å²) in [6.45, 7) is 6.73. The van der Waals surface area contributed by atoms with Gasteiger partial charge in [-0.3, -0.25) is 4.79 Å². The van der Waals surface area contributed by atoms with Crippen LogP contribution in [0.4, 0.5) is 0 Å². The monoisotopic (exact) mass is 524 g/mol. The van der Waals surface area contributed by atoms with E-state index in [1.54, 1.807) is 42.7 Å². The van der Waals surface area contributed by atoms with E-state index < -0.39 is 0 Å². The number of ketones is 1. The number of methoxy groups -OCH3 is 6. The first-order valence-corrected chi connectivity index (χ1v) is 12.7. The van der Waals surface area contributed by atoms with Gasteiger partial charge in [-0.05, 0) is 71.7 Å². The molecule has 2 aromatic rings. The second-order valence-electron chi connectivity index (χ2n) is 10.0. The molecule has 0 N–H and O–H groups in total. The number of benzene rings is 2. The van der Waals surface area contributed by atoms with E-state index in [2.05, 4.69) is 20.8 Å². The molecule has 1 saturated carbocycles. The van der Waals surface area contributed by atoms with Crippen molar-refractivity contribution in [3.8, 4) is 34.5 Å². The van der Waals surface area contributed by atoms with Gasteiger partial charge in [0.05, 0.1) is 42.7 Å². The molecule has 0 heterocycles. The largest absolute Gasteiger partial charge is 0.493 e. The number of ether oxygens (including phenoxy) is 6. The fraction of sp³-hybridized carbons (Fsp3) is 0.452. The van der Waals surface area contributed by atoms with Gasteiger partial charge >= 0.3 is 0 Å². The predicted molar refractivity (Wildman–Crippen MR) is 150 cm³/mol. The van der Waals surface area contributed by atoms with Crippen molar-refractivity contribution < 1.29 is 33.2 Å². The van der Waals surface area contributed by atoms with E-state index in [4.69, 9.17) is 28.4 Å². The Balaban J connectivity index is 2.15. The van der Waals surface area contributed by atoms with Crippen LogP contribution in [-0.2, 0) is 4.79 Å². The summed E-state index contributed by atoms with van der Waals surface area (Å²) >= 11 is 0. The zero-order valence-corrected chi connectivity index (χ0v) is 24.0. The van der Waals surface area contributed by atoms with Crippen LogP contribution in [0.2, 0.25) is 0 Å². The average Bonchev–Trinajstić information content (AvgIpc) is 2.93. The maximum absolute atomic E-state index is 13.8. The molecule has 0 aromatic heterocycles. The van der Waals surface area contributed by atoms with E-state index >= 15 is 0 Å². The Morgan fingerprint density at radius 2 is 1.03 bits per heavy atom. The third-order valence-electron chi connectivity index (χ3n) is 7.59. The van der Waals surface area contributed by atoms with Crippen LogP contribution >= 0.6 is 0 Å². The van der Waals surface area contributed by atoms with Gasteiger partial charge in [-0.15, -0.1) is 0 Å². The van der Waals surface area contributed by atoms with Crippen LogP contribution in [0.1, 0.15) is 51.2 Å². The van der Waals surface area contributed by atoms with Gasteiger partial charge in [-0.1, -0.05) is 27.2 Å². The number of hydrogen-bond acceptors (Lipinski definition) is 7. The van der Waals surface area contributed by atoms with Crippen LogP contribution in [0, 0.1) is 11.3 Å². The highest BCUT2D eigenvalue weighted by atomic mass is 16.5. The summed E-state index contributed by atoms with van der Waals surface area (Å²) in [6, 6.07) is 7.44. The summed E-state index contributed by atoms with van der Waals surface area (Å²) in [5.41, 5.74) is 3.16. The molecule has 2 aromatic carbocycles. The van der Waals surface area contributed by atoms with Crippen molar-refractivity contribution in [1.29, 1.82) is 0 Å². The van der Waals surface area contributed by atoms with Gasteiger partial charge in [0.25, 0.3) is 0 Å². The summed E-state index contributed by atoms with van der Waals surface area (Å²) in [4.78, 5) is 13.8. The minimum atomic E-state index is 0.0238. The highest BCUT2D eigenvalue weighted by Gasteiger charge is 2.36. The molecule has 0 radical (unpaired) electrons. The molecule has 0 unspecified atom stereocenters. The second kappa shape index (κ2) is 12.3. The SMILES string of the molecule is CCC(C)(C)C1C/C(=C\c2cc(OC)c(OC)c(OC)c2)C(=O)/C(=C/c2cc(OC)c(OC)c(OC)c2)C1. The van der Waals surface area contributed by atoms with Crippen LogP contribution < -0.4 is 28.4 Å². The molecule has 0 saturated heterocycles. The molecule has 0 spiro atoms. The topological polar surface area (TPSA) is 72.5 Å². The summed E-state index contributed by atoms with van der Waals surface area (Å²) in [6.07, 6.45) is 6.24. The van der Waals surface area contributed by atoms with Crippen molar-refractivity contribution >= 4 is 17.9 Å². The van der Waals surface area contributed by atoms with E-state index in [0.29, 0.717) is 47.3 Å². The van der Waals surface area contributed by atoms with Crippen molar-refractivity contribution in [1.82, 2.24) is 0 Å². The highest BCUT2D eigenvalue weighted by molar-refractivity contribution is 6.14. The van der Waals surface area contributed by atoms with Gasteiger partial charge in [0.1, 0.15) is 0 Å². The number of allylic oxidation sites excluding steroid dienone is 2. The Bertz CT molecular complexity index is 1090. The Hall–Kier alpha value is -3.61. The second-order valence-corrected chi connectivity index (χ2v) is 10.0. The minimum absolute atomic E-state index is 0.0238. The number of hydrogen-bond donors (Lipinski definition) is 0. The average molecular weight is 525 g/mol. The lowest BCUT2D eigenvalue weighted by Gasteiger charge is -2.38. The van der Waals surface area contributed by atoms with Crippen molar-refractivity contribution in [3.05, 3.63) is 46.5 Å². The third kappa shape index (κ3) is 5.93. The normalized spacial score (nSPS) is 17.9. The van der Waals surface area contributed by atoms with Crippen molar-refractivity contribution in [2.75, 3.05) is 42.7 Å². The van der Waals surface area contributed by atoms with Crippen molar-refractivity contribution in [3.63, 3.8) is 0 Å². The van der Waals surface area contributed by atoms with Crippen LogP contribution in [-0.4, -0.2) is 48.4 Å². The van der Waals surface area contributed by atoms with Gasteiger partial charge in [-0.25, -0.2) is 0 Å². The fourth-order valence-electron chi connectivity index (χ4n) is 4.86. The van der Waals surface area contributed by atoms with E-state index in [0.717, 1.165) is 28.7 Å². The van der Waals surface area contributed by atoms with Gasteiger partial charge in [0, 0.05) is 11.1 Å². The van der Waals surface area contributed by atoms with Gasteiger partial charge in [0.15, 0.2) is 28.8 Å². The molecule has 0 bridgehead atoms. The van der Waals surface area contributed by atoms with E-state index in [1.807, 2.05) is 36.4 Å². The molecular formula is C31H40O7. The molecular weight excluding hydrogens is 484 g/mol. The van der Waals surface area contributed by atoms with Crippen LogP contribution in [0.25, 0.3) is 12.2 Å². The lowest BCUT2D eigenvalue weighted by atomic mass is 9.66. The molecule has 38 heavy (non-hydrogen) atoms. The van der Waals surface area contributed by atoms with Gasteiger partial charge in [0.2, 0.25) is 11.5 Å². The number of carbonyl (C=O) groups is 1. The van der Waals surface area contributed by atoms with E-state index in [1.165, 1.54) is 0 Å². The van der Waals surface area contributed by atoms with Crippen LogP contribution in [0.5, 0.6) is 34.5 Å². The summed E-state index contributed by atoms with van der Waals surface area (Å²) in [7, 11) is 9.47. The van der Waals surface area contributed by atoms with Gasteiger partial charge in [-0.2, -0.15) is 0 Å². The predicted octanol–water partition coefficient (Wildman–Crippen LogP) is 6.62. The Labute approximate surface area is 226 Å². The first-order valence-electron chi connectivity index (χ1n) is 12.7. The maximum Gasteiger partial charge on any atom is 0.203 e. The molecule has 7 heteroatoms. The molecule has 0 aliphatic heterocycles. The van der Waals surface area contributed by atoms with Crippen molar-refractivity contribution in [2.45, 2.75) is 40.0 Å². The Kier molecular flexibility index (Phi) is 9.36. The first-order chi connectivity index (χ1) is 18.2. The van der Waals surface area contributed by atoms with Crippen LogP contribution in [0.3, 0.4) is 0 Å². The zero-order valence-electron chi connectivity index (χ0n) is 24.0. The van der Waals surface area contributed by atoms with Crippen LogP contribution in [0.15, 0.2) is 35.4 Å². The van der Waals surface area contributed by atoms with Crippen molar-refractivity contribution in [2.24, 2.45) is 11.3 Å². The number of carbonyl (C=O) groups excluding carboxylic acids is 1. The molecule has 7 nitrogen and oxygen atoms in total. The molecule has 3 rings (SSSR count). The van der Waals surface area contributed by atoms with E-state index in [-0.39, 0.29) is 17.1 Å². The Morgan fingerprint density at radius 1 is 0.684 bits per heavy atom. The summed E-state index contributed by atoms with van der Waals surface area (Å²) in [5.74, 6) is 3.50. The molecule has 0 amide bonds. The third-order valence-corrected chi connectivity index (χ3v) is 7.59. The highest BCUT2D eigenvalue weighted by Crippen LogP contribution is 2.46. The van der Waals surface area contributed by atoms with E-state index in [9.17, 15) is 4.79 Å². The standard InChI is InChI=1S/C31H40O7/c1-10-31(2,3)23-17-21(11-19-13-24(33-4)29(37-8)25(14-19)34-5)28(32)22(18-23)12-20-15-26(35-6)30(38-9)27(16-20)36-7/h11-16,23H,10,17-18H2,1-9H3/b21-11+,22-12+. The number of Topliss-reactive ketones (excluding diaryl/α,β-unsaturated/α-hetero) is 1. The lowest BCUT2D eigenvalue weighted by molar-refractivity contribution is -0.113.